The van der Waals surface area contributed by atoms with Crippen molar-refractivity contribution in [1.29, 1.82) is 0 Å². The molecule has 2 nitrogen and oxygen atoms in total. The van der Waals surface area contributed by atoms with Crippen molar-refractivity contribution in [3.8, 4) is 0 Å². The smallest absolute Gasteiger partial charge is 0.0417 e. The number of hydrogen-bond acceptors (Lipinski definition) is 2. The predicted molar refractivity (Wildman–Crippen MR) is 85.5 cm³/mol. The first kappa shape index (κ1) is 12.6. The van der Waals surface area contributed by atoms with Crippen LogP contribution in [0, 0.1) is 17.8 Å². The Morgan fingerprint density at radius 1 is 1.25 bits per heavy atom. The van der Waals surface area contributed by atoms with Crippen molar-refractivity contribution in [1.82, 2.24) is 0 Å². The van der Waals surface area contributed by atoms with Crippen molar-refractivity contribution < 1.29 is 0 Å². The van der Waals surface area contributed by atoms with Crippen LogP contribution in [-0.2, 0) is 6.42 Å². The van der Waals surface area contributed by atoms with Crippen LogP contribution in [-0.4, -0.2) is 20.1 Å². The van der Waals surface area contributed by atoms with E-state index < -0.39 is 0 Å². The van der Waals surface area contributed by atoms with Gasteiger partial charge in [-0.3, -0.25) is 0 Å². The second-order valence-electron chi connectivity index (χ2n) is 7.15. The van der Waals surface area contributed by atoms with Gasteiger partial charge in [-0.1, -0.05) is 12.5 Å². The molecule has 0 aromatic heterocycles. The molecule has 0 amide bonds. The summed E-state index contributed by atoms with van der Waals surface area (Å²) in [5.41, 5.74) is 4.38. The number of hydrogen-bond donors (Lipinski definition) is 1. The molecule has 1 aromatic rings. The lowest BCUT2D eigenvalue weighted by atomic mass is 9.88. The van der Waals surface area contributed by atoms with Crippen LogP contribution in [0.3, 0.4) is 0 Å². The third-order valence-corrected chi connectivity index (χ3v) is 5.87. The number of nitrogens with one attached hydrogen (secondary N) is 1. The topological polar surface area (TPSA) is 15.3 Å². The lowest BCUT2D eigenvalue weighted by Crippen LogP contribution is -2.30. The molecule has 3 unspecified atom stereocenters. The molecule has 3 atom stereocenters. The van der Waals surface area contributed by atoms with Crippen molar-refractivity contribution in [3.05, 3.63) is 23.8 Å². The fraction of sp³-hybridized carbons (Fsp3) is 0.667. The van der Waals surface area contributed by atoms with Crippen molar-refractivity contribution in [2.75, 3.05) is 30.4 Å². The average molecular weight is 270 g/mol. The van der Waals surface area contributed by atoms with Gasteiger partial charge in [-0.15, -0.1) is 0 Å². The SMILES string of the molecule is CN(CC1CC2CCC1C2)c1cccc2c1CCCN2. The Morgan fingerprint density at radius 2 is 2.20 bits per heavy atom. The summed E-state index contributed by atoms with van der Waals surface area (Å²) in [6.45, 7) is 2.39. The lowest BCUT2D eigenvalue weighted by molar-refractivity contribution is 0.337. The summed E-state index contributed by atoms with van der Waals surface area (Å²) in [6, 6.07) is 6.77. The van der Waals surface area contributed by atoms with E-state index in [1.807, 2.05) is 0 Å². The maximum absolute atomic E-state index is 3.55. The highest BCUT2D eigenvalue weighted by Gasteiger charge is 2.39. The summed E-state index contributed by atoms with van der Waals surface area (Å²) in [5.74, 6) is 3.04. The zero-order valence-corrected chi connectivity index (χ0v) is 12.6. The third-order valence-electron chi connectivity index (χ3n) is 5.87. The van der Waals surface area contributed by atoms with E-state index in [1.54, 1.807) is 5.56 Å². The van der Waals surface area contributed by atoms with Gasteiger partial charge in [-0.05, 0) is 67.6 Å². The Balaban J connectivity index is 1.52. The van der Waals surface area contributed by atoms with E-state index in [2.05, 4.69) is 35.5 Å². The van der Waals surface area contributed by atoms with Crippen molar-refractivity contribution in [3.63, 3.8) is 0 Å². The fourth-order valence-corrected chi connectivity index (χ4v) is 4.90. The average Bonchev–Trinajstić information content (AvgIpc) is 3.09. The molecule has 2 heteroatoms. The summed E-state index contributed by atoms with van der Waals surface area (Å²) < 4.78 is 0. The van der Waals surface area contributed by atoms with E-state index in [1.165, 1.54) is 56.4 Å². The molecule has 1 aromatic carbocycles. The second kappa shape index (κ2) is 4.98. The van der Waals surface area contributed by atoms with Gasteiger partial charge in [0.25, 0.3) is 0 Å². The van der Waals surface area contributed by atoms with Crippen molar-refractivity contribution in [2.45, 2.75) is 38.5 Å². The Bertz CT molecular complexity index is 496. The van der Waals surface area contributed by atoms with Gasteiger partial charge in [0.15, 0.2) is 0 Å². The van der Waals surface area contributed by atoms with Gasteiger partial charge < -0.3 is 10.2 Å². The molecule has 2 saturated carbocycles. The standard InChI is InChI=1S/C18H26N2/c1-20(12-15-11-13-7-8-14(15)10-13)18-6-2-5-17-16(18)4-3-9-19-17/h2,5-6,13-15,19H,3-4,7-12H2,1H3. The summed E-state index contributed by atoms with van der Waals surface area (Å²) in [5, 5.41) is 3.55. The highest BCUT2D eigenvalue weighted by Crippen LogP contribution is 2.48. The van der Waals surface area contributed by atoms with E-state index in [0.29, 0.717) is 0 Å². The van der Waals surface area contributed by atoms with Gasteiger partial charge in [-0.25, -0.2) is 0 Å². The monoisotopic (exact) mass is 270 g/mol. The molecule has 0 saturated heterocycles. The Hall–Kier alpha value is -1.18. The van der Waals surface area contributed by atoms with Gasteiger partial charge in [0.2, 0.25) is 0 Å². The van der Waals surface area contributed by atoms with Crippen LogP contribution in [0.2, 0.25) is 0 Å². The normalized spacial score (nSPS) is 30.9. The maximum atomic E-state index is 3.55. The summed E-state index contributed by atoms with van der Waals surface area (Å²) in [6.07, 6.45) is 8.52. The number of rotatable bonds is 3. The minimum Gasteiger partial charge on any atom is -0.385 e. The first-order chi connectivity index (χ1) is 9.81. The van der Waals surface area contributed by atoms with Gasteiger partial charge in [-0.2, -0.15) is 0 Å². The van der Waals surface area contributed by atoms with Crippen LogP contribution < -0.4 is 10.2 Å². The molecule has 108 valence electrons. The molecule has 4 rings (SSSR count). The number of anilines is 2. The van der Waals surface area contributed by atoms with E-state index in [-0.39, 0.29) is 0 Å². The molecular formula is C18H26N2. The van der Waals surface area contributed by atoms with E-state index in [9.17, 15) is 0 Å². The molecule has 2 bridgehead atoms. The molecule has 2 fully saturated rings. The van der Waals surface area contributed by atoms with E-state index in [0.717, 1.165) is 24.3 Å². The summed E-state index contributed by atoms with van der Waals surface area (Å²) in [7, 11) is 2.30. The van der Waals surface area contributed by atoms with Crippen LogP contribution in [0.5, 0.6) is 0 Å². The highest BCUT2D eigenvalue weighted by atomic mass is 15.1. The number of nitrogens with zero attached hydrogens (tertiary/aromatic N) is 1. The molecule has 1 heterocycles. The first-order valence-corrected chi connectivity index (χ1v) is 8.38. The van der Waals surface area contributed by atoms with Crippen molar-refractivity contribution >= 4 is 11.4 Å². The van der Waals surface area contributed by atoms with Crippen LogP contribution in [0.4, 0.5) is 11.4 Å². The number of benzene rings is 1. The quantitative estimate of drug-likeness (QED) is 0.895. The van der Waals surface area contributed by atoms with Crippen molar-refractivity contribution in [2.24, 2.45) is 17.8 Å². The molecule has 0 spiro atoms. The van der Waals surface area contributed by atoms with Gasteiger partial charge >= 0.3 is 0 Å². The van der Waals surface area contributed by atoms with Crippen LogP contribution >= 0.6 is 0 Å². The Labute approximate surface area is 122 Å². The van der Waals surface area contributed by atoms with Gasteiger partial charge in [0, 0.05) is 31.5 Å². The molecule has 3 aliphatic rings. The zero-order valence-electron chi connectivity index (χ0n) is 12.6. The highest BCUT2D eigenvalue weighted by molar-refractivity contribution is 5.67. The number of fused-ring (bicyclic) bond motifs is 3. The summed E-state index contributed by atoms with van der Waals surface area (Å²) in [4.78, 5) is 2.54. The van der Waals surface area contributed by atoms with E-state index >= 15 is 0 Å². The zero-order chi connectivity index (χ0) is 13.5. The molecule has 2 aliphatic carbocycles. The molecule has 20 heavy (non-hydrogen) atoms. The van der Waals surface area contributed by atoms with Crippen LogP contribution in [0.15, 0.2) is 18.2 Å². The third kappa shape index (κ3) is 2.10. The minimum absolute atomic E-state index is 0.950. The second-order valence-corrected chi connectivity index (χ2v) is 7.15. The van der Waals surface area contributed by atoms with Crippen LogP contribution in [0.1, 0.15) is 37.7 Å². The van der Waals surface area contributed by atoms with Gasteiger partial charge in [0.05, 0.1) is 0 Å². The maximum Gasteiger partial charge on any atom is 0.0417 e. The Morgan fingerprint density at radius 3 is 3.00 bits per heavy atom. The minimum atomic E-state index is 0.950. The molecule has 1 N–H and O–H groups in total. The first-order valence-electron chi connectivity index (χ1n) is 8.38. The lowest BCUT2D eigenvalue weighted by Gasteiger charge is -2.31. The van der Waals surface area contributed by atoms with Crippen LogP contribution in [0.25, 0.3) is 0 Å². The largest absolute Gasteiger partial charge is 0.385 e. The molecule has 0 radical (unpaired) electrons. The predicted octanol–water partition coefficient (Wildman–Crippen LogP) is 3.92. The Kier molecular flexibility index (Phi) is 3.13. The van der Waals surface area contributed by atoms with Gasteiger partial charge in [0.1, 0.15) is 0 Å². The molecular weight excluding hydrogens is 244 g/mol. The fourth-order valence-electron chi connectivity index (χ4n) is 4.90. The molecule has 1 aliphatic heterocycles. The van der Waals surface area contributed by atoms with E-state index in [4.69, 9.17) is 0 Å². The summed E-state index contributed by atoms with van der Waals surface area (Å²) >= 11 is 0.